The van der Waals surface area contributed by atoms with E-state index in [-0.39, 0.29) is 18.3 Å². The molecule has 4 nitrogen and oxygen atoms in total. The van der Waals surface area contributed by atoms with E-state index in [2.05, 4.69) is 16.7 Å². The van der Waals surface area contributed by atoms with E-state index in [1.807, 2.05) is 31.2 Å². The summed E-state index contributed by atoms with van der Waals surface area (Å²) in [7, 11) is 0. The Morgan fingerprint density at radius 3 is 2.71 bits per heavy atom. The zero-order valence-electron chi connectivity index (χ0n) is 12.5. The normalized spacial score (nSPS) is 15.4. The number of ether oxygens (including phenoxy) is 1. The Morgan fingerprint density at radius 1 is 1.38 bits per heavy atom. The van der Waals surface area contributed by atoms with Crippen LogP contribution in [0.2, 0.25) is 0 Å². The Kier molecular flexibility index (Phi) is 7.26. The summed E-state index contributed by atoms with van der Waals surface area (Å²) in [5, 5.41) is 6.17. The number of hydrogen-bond donors (Lipinski definition) is 2. The summed E-state index contributed by atoms with van der Waals surface area (Å²) in [4.78, 5) is 12.0. The van der Waals surface area contributed by atoms with Crippen molar-refractivity contribution in [3.8, 4) is 5.75 Å². The summed E-state index contributed by atoms with van der Waals surface area (Å²) < 4.78 is 5.63. The maximum Gasteiger partial charge on any atom is 0.261 e. The van der Waals surface area contributed by atoms with Crippen LogP contribution in [0.5, 0.6) is 5.75 Å². The molecule has 21 heavy (non-hydrogen) atoms. The highest BCUT2D eigenvalue weighted by molar-refractivity contribution is 5.85. The van der Waals surface area contributed by atoms with Crippen molar-refractivity contribution in [1.29, 1.82) is 0 Å². The van der Waals surface area contributed by atoms with Crippen LogP contribution in [0.3, 0.4) is 0 Å². The van der Waals surface area contributed by atoms with E-state index in [0.29, 0.717) is 6.54 Å². The number of carbonyl (C=O) groups is 1. The minimum Gasteiger partial charge on any atom is -0.481 e. The predicted octanol–water partition coefficient (Wildman–Crippen LogP) is 2.22. The zero-order valence-corrected chi connectivity index (χ0v) is 13.3. The molecule has 0 spiro atoms. The van der Waals surface area contributed by atoms with Crippen LogP contribution in [0.1, 0.15) is 18.9 Å². The lowest BCUT2D eigenvalue weighted by molar-refractivity contribution is -0.127. The molecule has 1 atom stereocenters. The van der Waals surface area contributed by atoms with Crippen LogP contribution in [0.15, 0.2) is 35.9 Å². The van der Waals surface area contributed by atoms with Crippen LogP contribution in [0, 0.1) is 6.92 Å². The Morgan fingerprint density at radius 2 is 2.10 bits per heavy atom. The number of hydrogen-bond acceptors (Lipinski definition) is 3. The smallest absolute Gasteiger partial charge is 0.261 e. The standard InChI is InChI=1S/C16H22N2O2.ClH/c1-12-3-5-15(6-4-12)20-13(2)16(19)18-11-14-7-9-17-10-8-14;/h3-7,13,17H,8-11H2,1-2H3,(H,18,19);1H. The molecule has 0 aliphatic carbocycles. The molecular formula is C16H23ClN2O2. The minimum absolute atomic E-state index is 0. The molecule has 1 aromatic carbocycles. The first-order valence-corrected chi connectivity index (χ1v) is 7.05. The van der Waals surface area contributed by atoms with Crippen molar-refractivity contribution >= 4 is 18.3 Å². The molecule has 1 aromatic rings. The Labute approximate surface area is 132 Å². The number of carbonyl (C=O) groups excluding carboxylic acids is 1. The zero-order chi connectivity index (χ0) is 14.4. The molecule has 0 saturated carbocycles. The SMILES string of the molecule is Cc1ccc(OC(C)C(=O)NCC2=CCNCC2)cc1.Cl. The molecule has 1 unspecified atom stereocenters. The van der Waals surface area contributed by atoms with E-state index >= 15 is 0 Å². The van der Waals surface area contributed by atoms with E-state index in [1.54, 1.807) is 6.92 Å². The fraction of sp³-hybridized carbons (Fsp3) is 0.438. The van der Waals surface area contributed by atoms with Gasteiger partial charge in [-0.15, -0.1) is 12.4 Å². The van der Waals surface area contributed by atoms with E-state index in [9.17, 15) is 4.79 Å². The highest BCUT2D eigenvalue weighted by atomic mass is 35.5. The van der Waals surface area contributed by atoms with Gasteiger partial charge in [-0.3, -0.25) is 4.79 Å². The third-order valence-electron chi connectivity index (χ3n) is 3.35. The number of nitrogens with one attached hydrogen (secondary N) is 2. The molecule has 1 heterocycles. The summed E-state index contributed by atoms with van der Waals surface area (Å²) >= 11 is 0. The second kappa shape index (κ2) is 8.70. The number of benzene rings is 1. The van der Waals surface area contributed by atoms with Crippen molar-refractivity contribution < 1.29 is 9.53 Å². The lowest BCUT2D eigenvalue weighted by atomic mass is 10.1. The second-order valence-electron chi connectivity index (χ2n) is 5.11. The molecule has 1 aliphatic rings. The fourth-order valence-electron chi connectivity index (χ4n) is 2.05. The van der Waals surface area contributed by atoms with Crippen LogP contribution >= 0.6 is 12.4 Å². The summed E-state index contributed by atoms with van der Waals surface area (Å²) in [6.07, 6.45) is 2.64. The monoisotopic (exact) mass is 310 g/mol. The van der Waals surface area contributed by atoms with E-state index in [0.717, 1.165) is 25.3 Å². The maximum absolute atomic E-state index is 12.0. The molecule has 0 bridgehead atoms. The first-order valence-electron chi connectivity index (χ1n) is 7.05. The molecule has 5 heteroatoms. The lowest BCUT2D eigenvalue weighted by Crippen LogP contribution is -2.38. The summed E-state index contributed by atoms with van der Waals surface area (Å²) in [5.41, 5.74) is 2.45. The van der Waals surface area contributed by atoms with Crippen LogP contribution < -0.4 is 15.4 Å². The molecule has 0 fully saturated rings. The average Bonchev–Trinajstić information content (AvgIpc) is 2.48. The van der Waals surface area contributed by atoms with Gasteiger partial charge in [-0.2, -0.15) is 0 Å². The van der Waals surface area contributed by atoms with Gasteiger partial charge in [0.1, 0.15) is 5.75 Å². The first-order chi connectivity index (χ1) is 9.65. The van der Waals surface area contributed by atoms with Crippen molar-refractivity contribution in [3.63, 3.8) is 0 Å². The van der Waals surface area contributed by atoms with Gasteiger partial charge in [0, 0.05) is 13.1 Å². The molecule has 0 aromatic heterocycles. The van der Waals surface area contributed by atoms with Gasteiger partial charge < -0.3 is 15.4 Å². The van der Waals surface area contributed by atoms with E-state index < -0.39 is 6.10 Å². The molecule has 1 amide bonds. The van der Waals surface area contributed by atoms with Gasteiger partial charge in [-0.1, -0.05) is 29.3 Å². The lowest BCUT2D eigenvalue weighted by Gasteiger charge is -2.17. The minimum atomic E-state index is -0.486. The molecule has 0 saturated heterocycles. The molecular weight excluding hydrogens is 288 g/mol. The van der Waals surface area contributed by atoms with E-state index in [1.165, 1.54) is 11.1 Å². The molecule has 0 radical (unpaired) electrons. The number of rotatable bonds is 5. The highest BCUT2D eigenvalue weighted by Gasteiger charge is 2.15. The third kappa shape index (κ3) is 5.78. The van der Waals surface area contributed by atoms with Gasteiger partial charge >= 0.3 is 0 Å². The molecule has 2 N–H and O–H groups in total. The van der Waals surface area contributed by atoms with Crippen molar-refractivity contribution in [2.45, 2.75) is 26.4 Å². The largest absolute Gasteiger partial charge is 0.481 e. The van der Waals surface area contributed by atoms with Crippen molar-refractivity contribution in [1.82, 2.24) is 10.6 Å². The van der Waals surface area contributed by atoms with Gasteiger partial charge in [-0.05, 0) is 38.9 Å². The number of amides is 1. The van der Waals surface area contributed by atoms with E-state index in [4.69, 9.17) is 4.74 Å². The van der Waals surface area contributed by atoms with Gasteiger partial charge in [-0.25, -0.2) is 0 Å². The van der Waals surface area contributed by atoms with Gasteiger partial charge in [0.2, 0.25) is 0 Å². The predicted molar refractivity (Wildman–Crippen MR) is 87.1 cm³/mol. The topological polar surface area (TPSA) is 50.4 Å². The maximum atomic E-state index is 12.0. The third-order valence-corrected chi connectivity index (χ3v) is 3.35. The van der Waals surface area contributed by atoms with Gasteiger partial charge in [0.05, 0.1) is 0 Å². The Bertz CT molecular complexity index is 486. The quantitative estimate of drug-likeness (QED) is 0.820. The molecule has 1 aliphatic heterocycles. The van der Waals surface area contributed by atoms with Gasteiger partial charge in [0.25, 0.3) is 5.91 Å². The molecule has 2 rings (SSSR count). The summed E-state index contributed by atoms with van der Waals surface area (Å²) in [6, 6.07) is 7.71. The fourth-order valence-corrected chi connectivity index (χ4v) is 2.05. The Hall–Kier alpha value is -1.52. The van der Waals surface area contributed by atoms with Crippen LogP contribution in [0.4, 0.5) is 0 Å². The van der Waals surface area contributed by atoms with Gasteiger partial charge in [0.15, 0.2) is 6.10 Å². The summed E-state index contributed by atoms with van der Waals surface area (Å²) in [5.74, 6) is 0.643. The van der Waals surface area contributed by atoms with Crippen molar-refractivity contribution in [2.24, 2.45) is 0 Å². The summed E-state index contributed by atoms with van der Waals surface area (Å²) in [6.45, 7) is 6.28. The highest BCUT2D eigenvalue weighted by Crippen LogP contribution is 2.13. The van der Waals surface area contributed by atoms with Crippen LogP contribution in [-0.2, 0) is 4.79 Å². The first kappa shape index (κ1) is 17.5. The Balaban J connectivity index is 0.00000220. The van der Waals surface area contributed by atoms with Crippen molar-refractivity contribution in [2.75, 3.05) is 19.6 Å². The number of aryl methyl sites for hydroxylation is 1. The molecule has 116 valence electrons. The van der Waals surface area contributed by atoms with Crippen molar-refractivity contribution in [3.05, 3.63) is 41.5 Å². The van der Waals surface area contributed by atoms with Crippen LogP contribution in [-0.4, -0.2) is 31.6 Å². The average molecular weight is 311 g/mol. The number of halogens is 1. The van der Waals surface area contributed by atoms with Crippen LogP contribution in [0.25, 0.3) is 0 Å². The second-order valence-corrected chi connectivity index (χ2v) is 5.11.